The van der Waals surface area contributed by atoms with Crippen LogP contribution in [0.3, 0.4) is 0 Å². The summed E-state index contributed by atoms with van der Waals surface area (Å²) in [6.07, 6.45) is -1.13. The summed E-state index contributed by atoms with van der Waals surface area (Å²) in [5.74, 6) is -6.27. The van der Waals surface area contributed by atoms with Crippen molar-refractivity contribution < 1.29 is 41.3 Å². The molecular formula is C28H32F5N3O4. The third-order valence-corrected chi connectivity index (χ3v) is 6.79. The van der Waals surface area contributed by atoms with Gasteiger partial charge in [0.2, 0.25) is 0 Å². The highest BCUT2D eigenvalue weighted by Crippen LogP contribution is 2.42. The van der Waals surface area contributed by atoms with Gasteiger partial charge in [0.1, 0.15) is 29.7 Å². The van der Waals surface area contributed by atoms with Crippen LogP contribution in [0.25, 0.3) is 10.9 Å². The van der Waals surface area contributed by atoms with Crippen LogP contribution in [0.1, 0.15) is 56.6 Å². The Kier molecular flexibility index (Phi) is 8.15. The van der Waals surface area contributed by atoms with Crippen molar-refractivity contribution in [1.82, 2.24) is 9.97 Å². The van der Waals surface area contributed by atoms with E-state index in [0.717, 1.165) is 19.9 Å². The van der Waals surface area contributed by atoms with E-state index in [0.29, 0.717) is 34.0 Å². The lowest BCUT2D eigenvalue weighted by Crippen LogP contribution is -2.41. The van der Waals surface area contributed by atoms with Gasteiger partial charge in [-0.15, -0.1) is 0 Å². The molecule has 218 valence electrons. The first kappa shape index (κ1) is 29.7. The molecule has 0 saturated heterocycles. The number of methoxy groups -OCH3 is 1. The highest BCUT2D eigenvalue weighted by atomic mass is 19.3. The average molecular weight is 570 g/mol. The molecule has 1 fully saturated rings. The van der Waals surface area contributed by atoms with Crippen LogP contribution < -0.4 is 14.8 Å². The van der Waals surface area contributed by atoms with Gasteiger partial charge in [-0.25, -0.2) is 23.1 Å². The quantitative estimate of drug-likeness (QED) is 0.207. The number of benzene rings is 2. The number of aromatic nitrogens is 2. The van der Waals surface area contributed by atoms with Crippen LogP contribution in [-0.2, 0) is 10.7 Å². The number of nitrogens with one attached hydrogen (secondary N) is 1. The second kappa shape index (κ2) is 11.0. The third kappa shape index (κ3) is 6.07. The number of aryl methyl sites for hydroxylation is 1. The van der Waals surface area contributed by atoms with Crippen molar-refractivity contribution >= 4 is 16.7 Å². The molecule has 0 amide bonds. The number of halogens is 5. The highest BCUT2D eigenvalue weighted by molar-refractivity contribution is 5.92. The minimum atomic E-state index is -3.84. The van der Waals surface area contributed by atoms with Crippen LogP contribution in [0.2, 0.25) is 0 Å². The number of hydrogen-bond donors (Lipinski definition) is 2. The Balaban J connectivity index is 1.58. The van der Waals surface area contributed by atoms with Gasteiger partial charge in [0.15, 0.2) is 11.5 Å². The number of fused-ring (bicyclic) bond motifs is 1. The Morgan fingerprint density at radius 1 is 1.12 bits per heavy atom. The number of rotatable bonds is 11. The first-order valence-electron chi connectivity index (χ1n) is 12.8. The van der Waals surface area contributed by atoms with E-state index in [-0.39, 0.29) is 31.6 Å². The molecule has 0 radical (unpaired) electrons. The predicted molar refractivity (Wildman–Crippen MR) is 139 cm³/mol. The van der Waals surface area contributed by atoms with Gasteiger partial charge in [0.05, 0.1) is 36.9 Å². The van der Waals surface area contributed by atoms with Crippen molar-refractivity contribution in [1.29, 1.82) is 0 Å². The van der Waals surface area contributed by atoms with E-state index in [4.69, 9.17) is 14.2 Å². The second-order valence-electron chi connectivity index (χ2n) is 10.5. The van der Waals surface area contributed by atoms with Gasteiger partial charge in [-0.1, -0.05) is 12.1 Å². The molecule has 12 heteroatoms. The lowest BCUT2D eigenvalue weighted by atomic mass is 9.91. The molecule has 0 bridgehead atoms. The summed E-state index contributed by atoms with van der Waals surface area (Å²) in [5.41, 5.74) is -2.95. The minimum absolute atomic E-state index is 0.0467. The summed E-state index contributed by atoms with van der Waals surface area (Å²) in [6, 6.07) is 6.07. The van der Waals surface area contributed by atoms with Crippen LogP contribution in [0.4, 0.5) is 27.8 Å². The van der Waals surface area contributed by atoms with E-state index in [2.05, 4.69) is 15.3 Å². The van der Waals surface area contributed by atoms with Crippen molar-refractivity contribution in [3.63, 3.8) is 0 Å². The maximum atomic E-state index is 15.4. The minimum Gasteiger partial charge on any atom is -0.493 e. The average Bonchev–Trinajstić information content (AvgIpc) is 2.84. The molecule has 1 atom stereocenters. The van der Waals surface area contributed by atoms with Gasteiger partial charge in [0.25, 0.3) is 5.92 Å². The van der Waals surface area contributed by atoms with Crippen LogP contribution >= 0.6 is 0 Å². The molecule has 7 nitrogen and oxygen atoms in total. The molecule has 1 heterocycles. The predicted octanol–water partition coefficient (Wildman–Crippen LogP) is 6.31. The van der Waals surface area contributed by atoms with E-state index in [1.807, 2.05) is 0 Å². The van der Waals surface area contributed by atoms with E-state index >= 15 is 4.39 Å². The fourth-order valence-electron chi connectivity index (χ4n) is 4.46. The Hall–Kier alpha value is -3.25. The number of alkyl halides is 4. The van der Waals surface area contributed by atoms with E-state index in [9.17, 15) is 22.7 Å². The van der Waals surface area contributed by atoms with E-state index in [1.54, 1.807) is 26.0 Å². The SMILES string of the molecule is COc1cc2nc(C)nc(N[C@H](C)c3cccc(C(F)(F)C(C)(C)O)c3F)c2cc1OCCOC1CC(F)(F)C1. The summed E-state index contributed by atoms with van der Waals surface area (Å²) < 4.78 is 87.6. The van der Waals surface area contributed by atoms with E-state index < -0.39 is 41.0 Å². The lowest BCUT2D eigenvalue weighted by Gasteiger charge is -2.34. The van der Waals surface area contributed by atoms with Gasteiger partial charge >= 0.3 is 5.92 Å². The molecule has 1 aliphatic rings. The maximum Gasteiger partial charge on any atom is 0.303 e. The summed E-state index contributed by atoms with van der Waals surface area (Å²) in [6.45, 7) is 5.27. The van der Waals surface area contributed by atoms with Gasteiger partial charge in [-0.3, -0.25) is 0 Å². The number of anilines is 1. The van der Waals surface area contributed by atoms with Gasteiger partial charge in [-0.05, 0) is 39.8 Å². The summed E-state index contributed by atoms with van der Waals surface area (Å²) in [4.78, 5) is 8.86. The third-order valence-electron chi connectivity index (χ3n) is 6.79. The van der Waals surface area contributed by atoms with Crippen molar-refractivity contribution in [3.05, 3.63) is 53.1 Å². The molecule has 3 aromatic rings. The van der Waals surface area contributed by atoms with Crippen molar-refractivity contribution in [2.45, 2.75) is 70.1 Å². The molecule has 1 aliphatic carbocycles. The zero-order chi connectivity index (χ0) is 29.5. The number of aliphatic hydroxyl groups is 1. The lowest BCUT2D eigenvalue weighted by molar-refractivity contribution is -0.170. The fraction of sp³-hybridized carbons (Fsp3) is 0.500. The topological polar surface area (TPSA) is 85.7 Å². The molecule has 2 aromatic carbocycles. The monoisotopic (exact) mass is 569 g/mol. The van der Waals surface area contributed by atoms with Gasteiger partial charge in [-0.2, -0.15) is 8.78 Å². The Labute approximate surface area is 228 Å². The Bertz CT molecular complexity index is 1370. The molecule has 2 N–H and O–H groups in total. The van der Waals surface area contributed by atoms with Gasteiger partial charge < -0.3 is 24.6 Å². The first-order valence-corrected chi connectivity index (χ1v) is 12.8. The van der Waals surface area contributed by atoms with Crippen molar-refractivity contribution in [2.24, 2.45) is 0 Å². The normalized spacial score (nSPS) is 16.5. The molecule has 1 aromatic heterocycles. The molecular weight excluding hydrogens is 537 g/mol. The first-order chi connectivity index (χ1) is 18.6. The number of hydrogen-bond acceptors (Lipinski definition) is 7. The zero-order valence-electron chi connectivity index (χ0n) is 22.8. The van der Waals surface area contributed by atoms with Gasteiger partial charge in [0, 0.05) is 29.9 Å². The van der Waals surface area contributed by atoms with Crippen LogP contribution in [0, 0.1) is 12.7 Å². The molecule has 0 unspecified atom stereocenters. The molecule has 40 heavy (non-hydrogen) atoms. The molecule has 1 saturated carbocycles. The smallest absolute Gasteiger partial charge is 0.303 e. The van der Waals surface area contributed by atoms with Crippen molar-refractivity contribution in [3.8, 4) is 11.5 Å². The zero-order valence-corrected chi connectivity index (χ0v) is 22.8. The summed E-state index contributed by atoms with van der Waals surface area (Å²) >= 11 is 0. The number of ether oxygens (including phenoxy) is 3. The van der Waals surface area contributed by atoms with E-state index in [1.165, 1.54) is 19.2 Å². The summed E-state index contributed by atoms with van der Waals surface area (Å²) in [7, 11) is 1.45. The molecule has 0 spiro atoms. The highest BCUT2D eigenvalue weighted by Gasteiger charge is 2.49. The standard InChI is InChI=1S/C28H32F5N3O4/c1-15(18-7-6-8-20(24(18)29)28(32,33)26(3,4)37)34-25-19-11-23(22(38-5)12-21(19)35-16(2)36-25)40-10-9-39-17-13-27(30,31)14-17/h6-8,11-12,15,17,37H,9-10,13-14H2,1-5H3,(H,34,35,36)/t15-/m1/s1. The molecule has 0 aliphatic heterocycles. The fourth-order valence-corrected chi connectivity index (χ4v) is 4.46. The second-order valence-corrected chi connectivity index (χ2v) is 10.5. The Morgan fingerprint density at radius 3 is 2.45 bits per heavy atom. The number of nitrogens with zero attached hydrogens (tertiary/aromatic N) is 2. The molecule has 4 rings (SSSR count). The van der Waals surface area contributed by atoms with Crippen LogP contribution in [0.5, 0.6) is 11.5 Å². The summed E-state index contributed by atoms with van der Waals surface area (Å²) in [5, 5.41) is 13.5. The van der Waals surface area contributed by atoms with Crippen molar-refractivity contribution in [2.75, 3.05) is 25.6 Å². The largest absolute Gasteiger partial charge is 0.493 e. The maximum absolute atomic E-state index is 15.4. The van der Waals surface area contributed by atoms with Crippen LogP contribution in [0.15, 0.2) is 30.3 Å². The van der Waals surface area contributed by atoms with Crippen LogP contribution in [-0.4, -0.2) is 53.0 Å². The Morgan fingerprint density at radius 2 is 1.82 bits per heavy atom.